The van der Waals surface area contributed by atoms with Gasteiger partial charge < -0.3 is 14.2 Å². The van der Waals surface area contributed by atoms with E-state index in [1.807, 2.05) is 0 Å². The van der Waals surface area contributed by atoms with Crippen molar-refractivity contribution < 1.29 is 18.8 Å². The lowest BCUT2D eigenvalue weighted by Crippen LogP contribution is -2.29. The lowest BCUT2D eigenvalue weighted by molar-refractivity contribution is -0.130. The second-order valence-corrected chi connectivity index (χ2v) is 8.73. The highest BCUT2D eigenvalue weighted by Gasteiger charge is 2.32. The van der Waals surface area contributed by atoms with Gasteiger partial charge in [0.1, 0.15) is 0 Å². The van der Waals surface area contributed by atoms with E-state index >= 15 is 0 Å². The molecule has 0 radical (unpaired) electrons. The van der Waals surface area contributed by atoms with Crippen molar-refractivity contribution in [2.24, 2.45) is 0 Å². The van der Waals surface area contributed by atoms with E-state index in [9.17, 15) is 9.59 Å². The van der Waals surface area contributed by atoms with Gasteiger partial charge in [-0.1, -0.05) is 22.8 Å². The number of amides is 1. The molecule has 3 aromatic rings. The largest absolute Gasteiger partial charge is 0.381 e. The molecular weight excluding hydrogens is 434 g/mol. The molecular formula is C22H24ClN5O4. The molecule has 0 saturated carbocycles. The Bertz CT molecular complexity index is 1140. The molecule has 2 aromatic heterocycles. The summed E-state index contributed by atoms with van der Waals surface area (Å²) in [5.74, 6) is 1.36. The highest BCUT2D eigenvalue weighted by molar-refractivity contribution is 6.35. The zero-order chi connectivity index (χ0) is 22.1. The Kier molecular flexibility index (Phi) is 5.93. The fraction of sp³-hybridized carbons (Fsp3) is 0.500. The van der Waals surface area contributed by atoms with E-state index in [4.69, 9.17) is 20.9 Å². The van der Waals surface area contributed by atoms with Crippen LogP contribution in [0.4, 0.5) is 0 Å². The molecule has 1 atom stereocenters. The lowest BCUT2D eigenvalue weighted by atomic mass is 10.00. The van der Waals surface area contributed by atoms with E-state index in [-0.39, 0.29) is 36.5 Å². The maximum absolute atomic E-state index is 12.7. The minimum absolute atomic E-state index is 0.0351. The predicted molar refractivity (Wildman–Crippen MR) is 116 cm³/mol. The van der Waals surface area contributed by atoms with Crippen molar-refractivity contribution in [2.75, 3.05) is 26.3 Å². The first-order chi connectivity index (χ1) is 15.6. The summed E-state index contributed by atoms with van der Waals surface area (Å²) in [5.41, 5.74) is 0.646. The SMILES string of the molecule is O=C(CCC(=O)n1ncc2c(Cl)cccc21)N1CCC(c2nc(C3CCOCC3)no2)C1. The Hall–Kier alpha value is -2.78. The molecule has 2 saturated heterocycles. The molecule has 32 heavy (non-hydrogen) atoms. The van der Waals surface area contributed by atoms with Gasteiger partial charge in [-0.3, -0.25) is 9.59 Å². The topological polar surface area (TPSA) is 103 Å². The van der Waals surface area contributed by atoms with Crippen molar-refractivity contribution in [1.82, 2.24) is 24.8 Å². The average Bonchev–Trinajstić information content (AvgIpc) is 3.57. The third-order valence-corrected chi connectivity index (χ3v) is 6.61. The molecule has 1 aromatic carbocycles. The van der Waals surface area contributed by atoms with E-state index < -0.39 is 0 Å². The number of likely N-dealkylation sites (tertiary alicyclic amines) is 1. The molecule has 5 rings (SSSR count). The van der Waals surface area contributed by atoms with E-state index in [0.29, 0.717) is 29.5 Å². The average molecular weight is 458 g/mol. The van der Waals surface area contributed by atoms with Gasteiger partial charge in [-0.2, -0.15) is 10.1 Å². The molecule has 10 heteroatoms. The zero-order valence-electron chi connectivity index (χ0n) is 17.6. The van der Waals surface area contributed by atoms with Crippen molar-refractivity contribution >= 4 is 34.3 Å². The molecule has 0 N–H and O–H groups in total. The van der Waals surface area contributed by atoms with Crippen molar-refractivity contribution in [1.29, 1.82) is 0 Å². The van der Waals surface area contributed by atoms with Crippen molar-refractivity contribution in [2.45, 2.75) is 43.9 Å². The highest BCUT2D eigenvalue weighted by Crippen LogP contribution is 2.30. The third kappa shape index (κ3) is 4.14. The van der Waals surface area contributed by atoms with Crippen LogP contribution in [0.5, 0.6) is 0 Å². The summed E-state index contributed by atoms with van der Waals surface area (Å²) < 4.78 is 12.2. The van der Waals surface area contributed by atoms with Crippen LogP contribution in [0.3, 0.4) is 0 Å². The van der Waals surface area contributed by atoms with Crippen molar-refractivity contribution in [3.8, 4) is 0 Å². The number of hydrogen-bond donors (Lipinski definition) is 0. The van der Waals surface area contributed by atoms with Crippen LogP contribution in [-0.4, -0.2) is 62.9 Å². The second-order valence-electron chi connectivity index (χ2n) is 8.33. The minimum Gasteiger partial charge on any atom is -0.381 e. The molecule has 168 valence electrons. The number of carbonyl (C=O) groups is 2. The van der Waals surface area contributed by atoms with E-state index in [2.05, 4.69) is 15.2 Å². The van der Waals surface area contributed by atoms with Crippen LogP contribution in [0.2, 0.25) is 5.02 Å². The van der Waals surface area contributed by atoms with Crippen molar-refractivity contribution in [3.05, 3.63) is 41.1 Å². The Balaban J connectivity index is 1.16. The molecule has 4 heterocycles. The number of fused-ring (bicyclic) bond motifs is 1. The van der Waals surface area contributed by atoms with Gasteiger partial charge in [0.2, 0.25) is 17.7 Å². The number of carbonyl (C=O) groups excluding carboxylic acids is 2. The van der Waals surface area contributed by atoms with Crippen LogP contribution >= 0.6 is 11.6 Å². The predicted octanol–water partition coefficient (Wildman–Crippen LogP) is 3.40. The standard InChI is InChI=1S/C22H24ClN5O4/c23-17-2-1-3-18-16(17)12-24-28(18)20(30)5-4-19(29)27-9-6-15(13-27)22-25-21(26-32-22)14-7-10-31-11-8-14/h1-3,12,14-15H,4-11,13H2. The summed E-state index contributed by atoms with van der Waals surface area (Å²) in [7, 11) is 0. The zero-order valence-corrected chi connectivity index (χ0v) is 18.3. The number of benzene rings is 1. The van der Waals surface area contributed by atoms with Crippen molar-refractivity contribution in [3.63, 3.8) is 0 Å². The fourth-order valence-electron chi connectivity index (χ4n) is 4.42. The summed E-state index contributed by atoms with van der Waals surface area (Å²) in [6.07, 6.45) is 4.36. The number of ether oxygens (including phenoxy) is 1. The van der Waals surface area contributed by atoms with E-state index in [1.54, 1.807) is 29.3 Å². The van der Waals surface area contributed by atoms with Crippen LogP contribution in [0.25, 0.3) is 10.9 Å². The first kappa shape index (κ1) is 21.1. The number of hydrogen-bond acceptors (Lipinski definition) is 7. The highest BCUT2D eigenvalue weighted by atomic mass is 35.5. The minimum atomic E-state index is -0.232. The third-order valence-electron chi connectivity index (χ3n) is 6.28. The van der Waals surface area contributed by atoms with Gasteiger partial charge in [-0.25, -0.2) is 4.68 Å². The van der Waals surface area contributed by atoms with Crippen LogP contribution in [0, 0.1) is 0 Å². The Labute approximate surface area is 189 Å². The summed E-state index contributed by atoms with van der Waals surface area (Å²) in [6, 6.07) is 5.32. The van der Waals surface area contributed by atoms with Gasteiger partial charge in [0, 0.05) is 50.4 Å². The van der Waals surface area contributed by atoms with Gasteiger partial charge in [-0.15, -0.1) is 0 Å². The molecule has 0 bridgehead atoms. The van der Waals surface area contributed by atoms with Gasteiger partial charge >= 0.3 is 0 Å². The van der Waals surface area contributed by atoms with Gasteiger partial charge in [0.05, 0.1) is 22.7 Å². The maximum Gasteiger partial charge on any atom is 0.247 e. The maximum atomic E-state index is 12.7. The molecule has 2 aliphatic rings. The first-order valence-corrected chi connectivity index (χ1v) is 11.3. The van der Waals surface area contributed by atoms with Crippen LogP contribution in [0.15, 0.2) is 28.9 Å². The van der Waals surface area contributed by atoms with E-state index in [1.165, 1.54) is 4.68 Å². The molecule has 2 aliphatic heterocycles. The summed E-state index contributed by atoms with van der Waals surface area (Å²) >= 11 is 6.15. The van der Waals surface area contributed by atoms with E-state index in [0.717, 1.165) is 43.7 Å². The lowest BCUT2D eigenvalue weighted by Gasteiger charge is -2.18. The molecule has 2 fully saturated rings. The number of nitrogens with zero attached hydrogens (tertiary/aromatic N) is 5. The molecule has 1 amide bonds. The van der Waals surface area contributed by atoms with Gasteiger partial charge in [0.25, 0.3) is 0 Å². The molecule has 1 unspecified atom stereocenters. The Morgan fingerprint density at radius 3 is 2.75 bits per heavy atom. The summed E-state index contributed by atoms with van der Waals surface area (Å²) in [6.45, 7) is 2.59. The first-order valence-electron chi connectivity index (χ1n) is 10.9. The quantitative estimate of drug-likeness (QED) is 0.578. The van der Waals surface area contributed by atoms with Crippen LogP contribution in [-0.2, 0) is 9.53 Å². The normalized spacial score (nSPS) is 19.7. The molecule has 0 spiro atoms. The summed E-state index contributed by atoms with van der Waals surface area (Å²) in [5, 5.41) is 9.57. The molecule has 9 nitrogen and oxygen atoms in total. The number of rotatable bonds is 5. The smallest absolute Gasteiger partial charge is 0.247 e. The van der Waals surface area contributed by atoms with Gasteiger partial charge in [0.15, 0.2) is 5.82 Å². The summed E-state index contributed by atoms with van der Waals surface area (Å²) in [4.78, 5) is 31.7. The molecule has 0 aliphatic carbocycles. The van der Waals surface area contributed by atoms with Gasteiger partial charge in [-0.05, 0) is 31.4 Å². The Morgan fingerprint density at radius 2 is 1.91 bits per heavy atom. The fourth-order valence-corrected chi connectivity index (χ4v) is 4.63. The number of halogens is 1. The van der Waals surface area contributed by atoms with Crippen LogP contribution < -0.4 is 0 Å². The number of aromatic nitrogens is 4. The van der Waals surface area contributed by atoms with Crippen LogP contribution in [0.1, 0.15) is 60.4 Å². The monoisotopic (exact) mass is 457 g/mol. The second kappa shape index (κ2) is 8.99. The Morgan fingerprint density at radius 1 is 1.09 bits per heavy atom.